The number of hydrogen-bond acceptors (Lipinski definition) is 4. The highest BCUT2D eigenvalue weighted by Gasteiger charge is 2.10. The molecular weight excluding hydrogens is 194 g/mol. The van der Waals surface area contributed by atoms with Gasteiger partial charge < -0.3 is 5.32 Å². The second-order valence-electron chi connectivity index (χ2n) is 3.39. The predicted molar refractivity (Wildman–Crippen MR) is 59.0 cm³/mol. The quantitative estimate of drug-likeness (QED) is 0.459. The molecule has 1 aromatic rings. The van der Waals surface area contributed by atoms with E-state index in [0.717, 1.165) is 19.4 Å². The van der Waals surface area contributed by atoms with Gasteiger partial charge in [0.05, 0.1) is 4.92 Å². The molecule has 0 aliphatic rings. The van der Waals surface area contributed by atoms with Crippen LogP contribution in [-0.4, -0.2) is 16.5 Å². The van der Waals surface area contributed by atoms with E-state index in [2.05, 4.69) is 17.2 Å². The Morgan fingerprint density at radius 2 is 2.33 bits per heavy atom. The molecule has 0 saturated heterocycles. The standard InChI is InChI=1S/C10H15N3O2/c1-3-4-5-11-10-6-8(2)9(7-12-10)13(14)15/h6-7H,3-5H2,1-2H3,(H,11,12). The van der Waals surface area contributed by atoms with E-state index in [-0.39, 0.29) is 5.69 Å². The molecular formula is C10H15N3O2. The summed E-state index contributed by atoms with van der Waals surface area (Å²) >= 11 is 0. The van der Waals surface area contributed by atoms with Crippen LogP contribution in [-0.2, 0) is 0 Å². The molecule has 0 aromatic carbocycles. The first-order valence-corrected chi connectivity index (χ1v) is 5.00. The van der Waals surface area contributed by atoms with Gasteiger partial charge in [-0.05, 0) is 19.4 Å². The van der Waals surface area contributed by atoms with Gasteiger partial charge in [-0.25, -0.2) is 4.98 Å². The molecule has 0 aliphatic carbocycles. The molecule has 0 atom stereocenters. The third-order valence-corrected chi connectivity index (χ3v) is 2.12. The fourth-order valence-electron chi connectivity index (χ4n) is 1.23. The first-order chi connectivity index (χ1) is 7.15. The molecule has 0 radical (unpaired) electrons. The van der Waals surface area contributed by atoms with Crippen molar-refractivity contribution in [1.82, 2.24) is 4.98 Å². The van der Waals surface area contributed by atoms with E-state index in [1.165, 1.54) is 6.20 Å². The van der Waals surface area contributed by atoms with Gasteiger partial charge >= 0.3 is 0 Å². The van der Waals surface area contributed by atoms with Gasteiger partial charge in [-0.1, -0.05) is 13.3 Å². The van der Waals surface area contributed by atoms with E-state index in [1.54, 1.807) is 13.0 Å². The number of nitrogens with zero attached hydrogens (tertiary/aromatic N) is 2. The van der Waals surface area contributed by atoms with Crippen molar-refractivity contribution in [3.05, 3.63) is 27.9 Å². The Morgan fingerprint density at radius 1 is 1.60 bits per heavy atom. The van der Waals surface area contributed by atoms with Gasteiger partial charge in [-0.3, -0.25) is 10.1 Å². The molecule has 0 aliphatic heterocycles. The first kappa shape index (κ1) is 11.4. The van der Waals surface area contributed by atoms with E-state index < -0.39 is 4.92 Å². The van der Waals surface area contributed by atoms with Gasteiger partial charge in [-0.2, -0.15) is 0 Å². The Morgan fingerprint density at radius 3 is 2.87 bits per heavy atom. The zero-order valence-corrected chi connectivity index (χ0v) is 8.99. The number of aryl methyl sites for hydroxylation is 1. The van der Waals surface area contributed by atoms with Crippen LogP contribution in [0.2, 0.25) is 0 Å². The molecule has 5 nitrogen and oxygen atoms in total. The van der Waals surface area contributed by atoms with Crippen LogP contribution >= 0.6 is 0 Å². The minimum atomic E-state index is -0.418. The van der Waals surface area contributed by atoms with E-state index in [9.17, 15) is 10.1 Å². The molecule has 1 heterocycles. The van der Waals surface area contributed by atoms with Gasteiger partial charge in [0.15, 0.2) is 0 Å². The predicted octanol–water partition coefficient (Wildman–Crippen LogP) is 2.51. The minimum Gasteiger partial charge on any atom is -0.370 e. The van der Waals surface area contributed by atoms with Crippen molar-refractivity contribution < 1.29 is 4.92 Å². The normalized spacial score (nSPS) is 10.0. The number of nitrogens with one attached hydrogen (secondary N) is 1. The highest BCUT2D eigenvalue weighted by molar-refractivity contribution is 5.46. The molecule has 1 rings (SSSR count). The number of hydrogen-bond donors (Lipinski definition) is 1. The third kappa shape index (κ3) is 3.19. The fraction of sp³-hybridized carbons (Fsp3) is 0.500. The summed E-state index contributed by atoms with van der Waals surface area (Å²) in [6, 6.07) is 1.70. The summed E-state index contributed by atoms with van der Waals surface area (Å²) in [5.41, 5.74) is 0.699. The molecule has 0 spiro atoms. The fourth-order valence-corrected chi connectivity index (χ4v) is 1.23. The Labute approximate surface area is 88.7 Å². The third-order valence-electron chi connectivity index (χ3n) is 2.12. The van der Waals surface area contributed by atoms with Crippen LogP contribution in [0.4, 0.5) is 11.5 Å². The Balaban J connectivity index is 2.69. The first-order valence-electron chi connectivity index (χ1n) is 5.00. The molecule has 0 fully saturated rings. The SMILES string of the molecule is CCCCNc1cc(C)c([N+](=O)[O-])cn1. The van der Waals surface area contributed by atoms with Crippen molar-refractivity contribution in [1.29, 1.82) is 0 Å². The van der Waals surface area contributed by atoms with E-state index >= 15 is 0 Å². The van der Waals surface area contributed by atoms with Crippen LogP contribution in [0, 0.1) is 17.0 Å². The lowest BCUT2D eigenvalue weighted by molar-refractivity contribution is -0.385. The lowest BCUT2D eigenvalue weighted by Gasteiger charge is -2.05. The number of unbranched alkanes of at least 4 members (excludes halogenated alkanes) is 1. The van der Waals surface area contributed by atoms with Crippen molar-refractivity contribution in [2.45, 2.75) is 26.7 Å². The maximum absolute atomic E-state index is 10.5. The number of aromatic nitrogens is 1. The van der Waals surface area contributed by atoms with Crippen molar-refractivity contribution in [3.8, 4) is 0 Å². The van der Waals surface area contributed by atoms with E-state index in [0.29, 0.717) is 11.4 Å². The zero-order valence-electron chi connectivity index (χ0n) is 8.99. The summed E-state index contributed by atoms with van der Waals surface area (Å²) in [5.74, 6) is 0.701. The highest BCUT2D eigenvalue weighted by atomic mass is 16.6. The summed E-state index contributed by atoms with van der Waals surface area (Å²) in [6.45, 7) is 4.67. The van der Waals surface area contributed by atoms with Crippen molar-refractivity contribution >= 4 is 11.5 Å². The van der Waals surface area contributed by atoms with Gasteiger partial charge in [0.1, 0.15) is 12.0 Å². The molecule has 1 N–H and O–H groups in total. The molecule has 82 valence electrons. The number of rotatable bonds is 5. The summed E-state index contributed by atoms with van der Waals surface area (Å²) < 4.78 is 0. The Kier molecular flexibility index (Phi) is 4.03. The average Bonchev–Trinajstić information content (AvgIpc) is 2.17. The van der Waals surface area contributed by atoms with Crippen LogP contribution in [0.3, 0.4) is 0 Å². The molecule has 0 saturated carbocycles. The Bertz CT molecular complexity index is 353. The van der Waals surface area contributed by atoms with Crippen LogP contribution in [0.25, 0.3) is 0 Å². The topological polar surface area (TPSA) is 68.1 Å². The monoisotopic (exact) mass is 209 g/mol. The molecule has 0 amide bonds. The van der Waals surface area contributed by atoms with E-state index in [1.807, 2.05) is 0 Å². The maximum atomic E-state index is 10.5. The van der Waals surface area contributed by atoms with Gasteiger partial charge in [0, 0.05) is 12.1 Å². The summed E-state index contributed by atoms with van der Waals surface area (Å²) in [5, 5.41) is 13.7. The molecule has 1 aromatic heterocycles. The van der Waals surface area contributed by atoms with Gasteiger partial charge in [0.25, 0.3) is 5.69 Å². The lowest BCUT2D eigenvalue weighted by atomic mass is 10.2. The maximum Gasteiger partial charge on any atom is 0.290 e. The second kappa shape index (κ2) is 5.29. The van der Waals surface area contributed by atoms with E-state index in [4.69, 9.17) is 0 Å². The van der Waals surface area contributed by atoms with Crippen LogP contribution in [0.15, 0.2) is 12.3 Å². The van der Waals surface area contributed by atoms with Gasteiger partial charge in [0.2, 0.25) is 0 Å². The Hall–Kier alpha value is -1.65. The summed E-state index contributed by atoms with van der Waals surface area (Å²) in [6.07, 6.45) is 3.47. The summed E-state index contributed by atoms with van der Waals surface area (Å²) in [7, 11) is 0. The largest absolute Gasteiger partial charge is 0.370 e. The van der Waals surface area contributed by atoms with Crippen LogP contribution in [0.1, 0.15) is 25.3 Å². The number of pyridine rings is 1. The molecule has 5 heteroatoms. The van der Waals surface area contributed by atoms with Crippen molar-refractivity contribution in [3.63, 3.8) is 0 Å². The minimum absolute atomic E-state index is 0.0658. The number of anilines is 1. The van der Waals surface area contributed by atoms with Crippen molar-refractivity contribution in [2.24, 2.45) is 0 Å². The van der Waals surface area contributed by atoms with Crippen LogP contribution in [0.5, 0.6) is 0 Å². The smallest absolute Gasteiger partial charge is 0.290 e. The molecule has 0 bridgehead atoms. The lowest BCUT2D eigenvalue weighted by Crippen LogP contribution is -2.03. The van der Waals surface area contributed by atoms with Crippen LogP contribution < -0.4 is 5.32 Å². The molecule has 0 unspecified atom stereocenters. The highest BCUT2D eigenvalue weighted by Crippen LogP contribution is 2.18. The zero-order chi connectivity index (χ0) is 11.3. The van der Waals surface area contributed by atoms with Crippen molar-refractivity contribution in [2.75, 3.05) is 11.9 Å². The molecule has 15 heavy (non-hydrogen) atoms. The summed E-state index contributed by atoms with van der Waals surface area (Å²) in [4.78, 5) is 14.1. The number of nitro groups is 1. The average molecular weight is 209 g/mol. The second-order valence-corrected chi connectivity index (χ2v) is 3.39. The van der Waals surface area contributed by atoms with Gasteiger partial charge in [-0.15, -0.1) is 0 Å².